The Morgan fingerprint density at radius 1 is 1.00 bits per heavy atom. The number of carboxylic acids is 1. The van der Waals surface area contributed by atoms with E-state index in [-0.39, 0.29) is 6.03 Å². The van der Waals surface area contributed by atoms with Crippen LogP contribution < -0.4 is 0 Å². The molecular weight excluding hydrogens is 248 g/mol. The van der Waals surface area contributed by atoms with Crippen molar-refractivity contribution in [3.63, 3.8) is 0 Å². The molecule has 0 aromatic carbocycles. The summed E-state index contributed by atoms with van der Waals surface area (Å²) in [5.74, 6) is -0.923. The SMILES string of the molecule is O=C(O)C1CCCCCN1C(=O)N1CCCC(O)C1. The van der Waals surface area contributed by atoms with Crippen LogP contribution in [0.4, 0.5) is 4.79 Å². The molecule has 0 aromatic heterocycles. The molecule has 0 saturated carbocycles. The Balaban J connectivity index is 2.07. The number of carboxylic acid groups (broad SMARTS) is 1. The number of urea groups is 1. The predicted octanol–water partition coefficient (Wildman–Crippen LogP) is 0.892. The fraction of sp³-hybridized carbons (Fsp3) is 0.846. The van der Waals surface area contributed by atoms with Crippen molar-refractivity contribution in [2.75, 3.05) is 19.6 Å². The van der Waals surface area contributed by atoms with E-state index in [0.717, 1.165) is 25.7 Å². The number of aliphatic carboxylic acids is 1. The number of hydrogen-bond donors (Lipinski definition) is 2. The first-order valence-electron chi connectivity index (χ1n) is 7.06. The predicted molar refractivity (Wildman–Crippen MR) is 68.8 cm³/mol. The largest absolute Gasteiger partial charge is 0.480 e. The molecule has 2 aliphatic heterocycles. The lowest BCUT2D eigenvalue weighted by Crippen LogP contribution is -2.53. The van der Waals surface area contributed by atoms with Crippen molar-refractivity contribution in [3.8, 4) is 0 Å². The third-order valence-electron chi connectivity index (χ3n) is 3.95. The number of amides is 2. The average molecular weight is 270 g/mol. The topological polar surface area (TPSA) is 81.1 Å². The molecule has 6 heteroatoms. The molecule has 2 unspecified atom stereocenters. The van der Waals surface area contributed by atoms with Gasteiger partial charge in [-0.1, -0.05) is 12.8 Å². The Bertz CT molecular complexity index is 348. The van der Waals surface area contributed by atoms with Gasteiger partial charge in [0.2, 0.25) is 0 Å². The standard InChI is InChI=1S/C13H22N2O4/c16-10-5-4-7-14(9-10)13(19)15-8-3-1-2-6-11(15)12(17)18/h10-11,16H,1-9H2,(H,17,18). The molecule has 0 spiro atoms. The average Bonchev–Trinajstić information content (AvgIpc) is 2.63. The van der Waals surface area contributed by atoms with Gasteiger partial charge in [0, 0.05) is 19.6 Å². The number of aliphatic hydroxyl groups excluding tert-OH is 1. The fourth-order valence-corrected chi connectivity index (χ4v) is 2.90. The maximum absolute atomic E-state index is 12.4. The van der Waals surface area contributed by atoms with Gasteiger partial charge >= 0.3 is 12.0 Å². The Kier molecular flexibility index (Phi) is 4.63. The minimum absolute atomic E-state index is 0.229. The summed E-state index contributed by atoms with van der Waals surface area (Å²) in [6.07, 6.45) is 4.21. The number of aliphatic hydroxyl groups is 1. The monoisotopic (exact) mass is 270 g/mol. The first-order chi connectivity index (χ1) is 9.09. The van der Waals surface area contributed by atoms with Gasteiger partial charge < -0.3 is 20.0 Å². The van der Waals surface area contributed by atoms with Crippen LogP contribution in [-0.2, 0) is 4.79 Å². The molecule has 0 bridgehead atoms. The quantitative estimate of drug-likeness (QED) is 0.741. The van der Waals surface area contributed by atoms with Gasteiger partial charge in [-0.2, -0.15) is 0 Å². The Morgan fingerprint density at radius 2 is 1.79 bits per heavy atom. The second kappa shape index (κ2) is 6.23. The zero-order chi connectivity index (χ0) is 13.8. The van der Waals surface area contributed by atoms with Crippen molar-refractivity contribution >= 4 is 12.0 Å². The van der Waals surface area contributed by atoms with Crippen molar-refractivity contribution in [2.45, 2.75) is 50.7 Å². The van der Waals surface area contributed by atoms with Crippen LogP contribution in [0.1, 0.15) is 38.5 Å². The van der Waals surface area contributed by atoms with Crippen LogP contribution >= 0.6 is 0 Å². The maximum Gasteiger partial charge on any atom is 0.326 e. The van der Waals surface area contributed by atoms with Crippen LogP contribution in [0.3, 0.4) is 0 Å². The van der Waals surface area contributed by atoms with Crippen molar-refractivity contribution < 1.29 is 19.8 Å². The molecule has 19 heavy (non-hydrogen) atoms. The van der Waals surface area contributed by atoms with Gasteiger partial charge in [0.15, 0.2) is 0 Å². The van der Waals surface area contributed by atoms with E-state index in [1.807, 2.05) is 0 Å². The number of carbonyl (C=O) groups is 2. The molecule has 2 aliphatic rings. The first kappa shape index (κ1) is 14.1. The molecule has 2 atom stereocenters. The molecule has 0 aromatic rings. The number of piperidine rings is 1. The molecule has 2 rings (SSSR count). The van der Waals surface area contributed by atoms with E-state index in [9.17, 15) is 19.8 Å². The Morgan fingerprint density at radius 3 is 2.47 bits per heavy atom. The van der Waals surface area contributed by atoms with E-state index in [0.29, 0.717) is 32.5 Å². The van der Waals surface area contributed by atoms with Gasteiger partial charge in [-0.3, -0.25) is 0 Å². The smallest absolute Gasteiger partial charge is 0.326 e. The van der Waals surface area contributed by atoms with Crippen LogP contribution in [0.5, 0.6) is 0 Å². The molecule has 2 heterocycles. The van der Waals surface area contributed by atoms with Crippen LogP contribution in [-0.4, -0.2) is 63.8 Å². The minimum Gasteiger partial charge on any atom is -0.480 e. The highest BCUT2D eigenvalue weighted by Crippen LogP contribution is 2.20. The van der Waals surface area contributed by atoms with Crippen molar-refractivity contribution in [1.29, 1.82) is 0 Å². The molecular formula is C13H22N2O4. The molecule has 6 nitrogen and oxygen atoms in total. The van der Waals surface area contributed by atoms with Gasteiger partial charge in [0.05, 0.1) is 6.10 Å². The molecule has 0 aliphatic carbocycles. The number of hydrogen-bond acceptors (Lipinski definition) is 3. The normalized spacial score (nSPS) is 28.9. The lowest BCUT2D eigenvalue weighted by molar-refractivity contribution is -0.142. The Hall–Kier alpha value is -1.30. The molecule has 0 radical (unpaired) electrons. The van der Waals surface area contributed by atoms with Crippen molar-refractivity contribution in [3.05, 3.63) is 0 Å². The van der Waals surface area contributed by atoms with Crippen LogP contribution in [0.25, 0.3) is 0 Å². The summed E-state index contributed by atoms with van der Waals surface area (Å²) < 4.78 is 0. The van der Waals surface area contributed by atoms with Crippen molar-refractivity contribution in [2.24, 2.45) is 0 Å². The van der Waals surface area contributed by atoms with E-state index >= 15 is 0 Å². The fourth-order valence-electron chi connectivity index (χ4n) is 2.90. The summed E-state index contributed by atoms with van der Waals surface area (Å²) in [6.45, 7) is 1.43. The number of nitrogens with zero attached hydrogens (tertiary/aromatic N) is 2. The summed E-state index contributed by atoms with van der Waals surface area (Å²) in [7, 11) is 0. The zero-order valence-electron chi connectivity index (χ0n) is 11.1. The zero-order valence-corrected chi connectivity index (χ0v) is 11.1. The number of rotatable bonds is 1. The van der Waals surface area contributed by atoms with E-state index in [1.54, 1.807) is 4.90 Å². The van der Waals surface area contributed by atoms with E-state index in [4.69, 9.17) is 0 Å². The van der Waals surface area contributed by atoms with Gasteiger partial charge in [0.1, 0.15) is 6.04 Å². The number of β-amino-alcohol motifs (C(OH)–C–C–N with tert-alkyl or cyclic N) is 1. The minimum atomic E-state index is -0.923. The highest BCUT2D eigenvalue weighted by molar-refractivity contribution is 5.82. The summed E-state index contributed by atoms with van der Waals surface area (Å²) in [5, 5.41) is 18.9. The van der Waals surface area contributed by atoms with Crippen LogP contribution in [0, 0.1) is 0 Å². The second-order valence-corrected chi connectivity index (χ2v) is 5.42. The highest BCUT2D eigenvalue weighted by atomic mass is 16.4. The van der Waals surface area contributed by atoms with E-state index in [2.05, 4.69) is 0 Å². The second-order valence-electron chi connectivity index (χ2n) is 5.42. The van der Waals surface area contributed by atoms with Crippen molar-refractivity contribution in [1.82, 2.24) is 9.80 Å². The molecule has 108 valence electrons. The first-order valence-corrected chi connectivity index (χ1v) is 7.06. The summed E-state index contributed by atoms with van der Waals surface area (Å²) >= 11 is 0. The maximum atomic E-state index is 12.4. The van der Waals surface area contributed by atoms with Gasteiger partial charge in [-0.15, -0.1) is 0 Å². The van der Waals surface area contributed by atoms with Gasteiger partial charge in [0.25, 0.3) is 0 Å². The lowest BCUT2D eigenvalue weighted by Gasteiger charge is -2.36. The van der Waals surface area contributed by atoms with Crippen LogP contribution in [0.2, 0.25) is 0 Å². The third kappa shape index (κ3) is 3.37. The van der Waals surface area contributed by atoms with Crippen LogP contribution in [0.15, 0.2) is 0 Å². The summed E-state index contributed by atoms with van der Waals surface area (Å²) in [5.41, 5.74) is 0. The molecule has 2 amide bonds. The summed E-state index contributed by atoms with van der Waals surface area (Å²) in [4.78, 5) is 26.8. The van der Waals surface area contributed by atoms with E-state index < -0.39 is 18.1 Å². The molecule has 2 fully saturated rings. The number of likely N-dealkylation sites (tertiary alicyclic amines) is 2. The molecule has 2 saturated heterocycles. The Labute approximate surface area is 113 Å². The lowest BCUT2D eigenvalue weighted by atomic mass is 10.1. The van der Waals surface area contributed by atoms with Gasteiger partial charge in [-0.05, 0) is 25.7 Å². The third-order valence-corrected chi connectivity index (χ3v) is 3.95. The highest BCUT2D eigenvalue weighted by Gasteiger charge is 2.34. The van der Waals surface area contributed by atoms with E-state index in [1.165, 1.54) is 4.90 Å². The van der Waals surface area contributed by atoms with Gasteiger partial charge in [-0.25, -0.2) is 9.59 Å². The number of carbonyl (C=O) groups excluding carboxylic acids is 1. The summed E-state index contributed by atoms with van der Waals surface area (Å²) in [6, 6.07) is -0.942. The molecule has 2 N–H and O–H groups in total.